The highest BCUT2D eigenvalue weighted by molar-refractivity contribution is 5.95. The number of nitrogens with one attached hydrogen (secondary N) is 1. The van der Waals surface area contributed by atoms with E-state index in [9.17, 15) is 9.18 Å². The van der Waals surface area contributed by atoms with Crippen molar-refractivity contribution in [1.82, 2.24) is 10.4 Å². The minimum Gasteiger partial charge on any atom is -0.399 e. The number of hydrogen-bond acceptors (Lipinski definition) is 4. The Morgan fingerprint density at radius 2 is 2.11 bits per heavy atom. The molecule has 6 heteroatoms. The highest BCUT2D eigenvalue weighted by atomic mass is 19.1. The number of amides is 1. The molecule has 0 aromatic heterocycles. The standard InChI is InChI=1S/C12H16FN3O2/c1-8-6-9(14)7-10(11(8)13)12(17)15-16-2-4-18-5-3-16/h6-7H,2-5,14H2,1H3,(H,15,17). The Labute approximate surface area is 105 Å². The van der Waals surface area contributed by atoms with Crippen molar-refractivity contribution in [2.75, 3.05) is 32.0 Å². The summed E-state index contributed by atoms with van der Waals surface area (Å²) in [4.78, 5) is 11.9. The zero-order valence-electron chi connectivity index (χ0n) is 10.2. The van der Waals surface area contributed by atoms with E-state index in [2.05, 4.69) is 5.43 Å². The minimum atomic E-state index is -0.532. The molecular formula is C12H16FN3O2. The van der Waals surface area contributed by atoms with Crippen LogP contribution in [0.5, 0.6) is 0 Å². The monoisotopic (exact) mass is 253 g/mol. The molecule has 0 atom stereocenters. The van der Waals surface area contributed by atoms with Crippen LogP contribution in [0.3, 0.4) is 0 Å². The number of hydrazine groups is 1. The lowest BCUT2D eigenvalue weighted by Gasteiger charge is -2.27. The number of benzene rings is 1. The van der Waals surface area contributed by atoms with Gasteiger partial charge in [0.05, 0.1) is 18.8 Å². The smallest absolute Gasteiger partial charge is 0.268 e. The summed E-state index contributed by atoms with van der Waals surface area (Å²) >= 11 is 0. The third-order valence-corrected chi connectivity index (χ3v) is 2.79. The van der Waals surface area contributed by atoms with Crippen molar-refractivity contribution < 1.29 is 13.9 Å². The van der Waals surface area contributed by atoms with E-state index in [0.29, 0.717) is 37.6 Å². The highest BCUT2D eigenvalue weighted by Crippen LogP contribution is 2.17. The molecule has 5 nitrogen and oxygen atoms in total. The van der Waals surface area contributed by atoms with Gasteiger partial charge in [-0.1, -0.05) is 0 Å². The molecule has 0 unspecified atom stereocenters. The van der Waals surface area contributed by atoms with E-state index >= 15 is 0 Å². The molecule has 1 amide bonds. The first-order valence-electron chi connectivity index (χ1n) is 5.77. The van der Waals surface area contributed by atoms with Crippen LogP contribution in [0.1, 0.15) is 15.9 Å². The van der Waals surface area contributed by atoms with E-state index in [-0.39, 0.29) is 5.56 Å². The number of anilines is 1. The second-order valence-electron chi connectivity index (χ2n) is 4.24. The molecule has 1 aliphatic rings. The number of carbonyl (C=O) groups is 1. The van der Waals surface area contributed by atoms with Crippen molar-refractivity contribution >= 4 is 11.6 Å². The molecule has 18 heavy (non-hydrogen) atoms. The number of halogens is 1. The highest BCUT2D eigenvalue weighted by Gasteiger charge is 2.18. The van der Waals surface area contributed by atoms with Crippen molar-refractivity contribution in [3.63, 3.8) is 0 Å². The van der Waals surface area contributed by atoms with Crippen molar-refractivity contribution in [3.8, 4) is 0 Å². The van der Waals surface area contributed by atoms with Crippen molar-refractivity contribution in [1.29, 1.82) is 0 Å². The molecule has 0 bridgehead atoms. The maximum Gasteiger partial charge on any atom is 0.268 e. The third kappa shape index (κ3) is 2.77. The molecule has 98 valence electrons. The van der Waals surface area contributed by atoms with Crippen LogP contribution in [0.25, 0.3) is 0 Å². The van der Waals surface area contributed by atoms with E-state index in [1.807, 2.05) is 0 Å². The van der Waals surface area contributed by atoms with Gasteiger partial charge in [-0.2, -0.15) is 0 Å². The molecule has 1 aromatic rings. The van der Waals surface area contributed by atoms with Crippen LogP contribution >= 0.6 is 0 Å². The van der Waals surface area contributed by atoms with Gasteiger partial charge in [0.1, 0.15) is 5.82 Å². The first kappa shape index (κ1) is 12.8. The van der Waals surface area contributed by atoms with Crippen molar-refractivity contribution in [3.05, 3.63) is 29.1 Å². The van der Waals surface area contributed by atoms with Gasteiger partial charge in [0.2, 0.25) is 0 Å². The van der Waals surface area contributed by atoms with Crippen LogP contribution < -0.4 is 11.2 Å². The van der Waals surface area contributed by atoms with E-state index in [1.54, 1.807) is 11.9 Å². The van der Waals surface area contributed by atoms with Gasteiger partial charge in [-0.25, -0.2) is 9.40 Å². The quantitative estimate of drug-likeness (QED) is 0.761. The van der Waals surface area contributed by atoms with Gasteiger partial charge >= 0.3 is 0 Å². The van der Waals surface area contributed by atoms with Gasteiger partial charge in [0, 0.05) is 18.8 Å². The van der Waals surface area contributed by atoms with Gasteiger partial charge < -0.3 is 10.5 Å². The number of hydrogen-bond donors (Lipinski definition) is 2. The summed E-state index contributed by atoms with van der Waals surface area (Å²) in [5.74, 6) is -1.01. The molecule has 3 N–H and O–H groups in total. The molecule has 2 rings (SSSR count). The van der Waals surface area contributed by atoms with E-state index < -0.39 is 11.7 Å². The number of rotatable bonds is 2. The summed E-state index contributed by atoms with van der Waals surface area (Å²) in [6.07, 6.45) is 0. The zero-order chi connectivity index (χ0) is 13.1. The van der Waals surface area contributed by atoms with Crippen LogP contribution in [0.15, 0.2) is 12.1 Å². The lowest BCUT2D eigenvalue weighted by atomic mass is 10.1. The maximum atomic E-state index is 13.8. The number of aryl methyl sites for hydroxylation is 1. The summed E-state index contributed by atoms with van der Waals surface area (Å²) in [5.41, 5.74) is 8.98. The van der Waals surface area contributed by atoms with Crippen molar-refractivity contribution in [2.24, 2.45) is 0 Å². The topological polar surface area (TPSA) is 67.6 Å². The fraction of sp³-hybridized carbons (Fsp3) is 0.417. The molecule has 0 aliphatic carbocycles. The minimum absolute atomic E-state index is 0.0287. The largest absolute Gasteiger partial charge is 0.399 e. The molecule has 0 radical (unpaired) electrons. The lowest BCUT2D eigenvalue weighted by Crippen LogP contribution is -2.48. The molecular weight excluding hydrogens is 237 g/mol. The lowest BCUT2D eigenvalue weighted by molar-refractivity contribution is 0.0125. The SMILES string of the molecule is Cc1cc(N)cc(C(=O)NN2CCOCC2)c1F. The Morgan fingerprint density at radius 1 is 1.44 bits per heavy atom. The van der Waals surface area contributed by atoms with Crippen LogP contribution in [0.2, 0.25) is 0 Å². The summed E-state index contributed by atoms with van der Waals surface area (Å²) in [7, 11) is 0. The Bertz CT molecular complexity index is 459. The van der Waals surface area contributed by atoms with Gasteiger partial charge in [-0.3, -0.25) is 10.2 Å². The van der Waals surface area contributed by atoms with Crippen molar-refractivity contribution in [2.45, 2.75) is 6.92 Å². The second-order valence-corrected chi connectivity index (χ2v) is 4.24. The predicted octanol–water partition coefficient (Wildman–Crippen LogP) is 0.693. The molecule has 1 aliphatic heterocycles. The van der Waals surface area contributed by atoms with Crippen LogP contribution in [0.4, 0.5) is 10.1 Å². The summed E-state index contributed by atoms with van der Waals surface area (Å²) < 4.78 is 19.0. The van der Waals surface area contributed by atoms with Crippen LogP contribution in [0, 0.1) is 12.7 Å². The van der Waals surface area contributed by atoms with Crippen LogP contribution in [-0.4, -0.2) is 37.2 Å². The Kier molecular flexibility index (Phi) is 3.78. The van der Waals surface area contributed by atoms with Gasteiger partial charge in [0.15, 0.2) is 0 Å². The third-order valence-electron chi connectivity index (χ3n) is 2.79. The second kappa shape index (κ2) is 5.32. The molecule has 1 saturated heterocycles. The Hall–Kier alpha value is -1.66. The molecule has 1 fully saturated rings. The average molecular weight is 253 g/mol. The Balaban J connectivity index is 2.13. The molecule has 0 spiro atoms. The predicted molar refractivity (Wildman–Crippen MR) is 65.4 cm³/mol. The van der Waals surface area contributed by atoms with Gasteiger partial charge in [-0.15, -0.1) is 0 Å². The van der Waals surface area contributed by atoms with E-state index in [0.717, 1.165) is 0 Å². The van der Waals surface area contributed by atoms with E-state index in [1.165, 1.54) is 12.1 Å². The zero-order valence-corrected chi connectivity index (χ0v) is 10.2. The summed E-state index contributed by atoms with van der Waals surface area (Å²) in [6, 6.07) is 2.85. The van der Waals surface area contributed by atoms with Gasteiger partial charge in [0.25, 0.3) is 5.91 Å². The fourth-order valence-electron chi connectivity index (χ4n) is 1.84. The normalized spacial score (nSPS) is 16.6. The Morgan fingerprint density at radius 3 is 2.78 bits per heavy atom. The molecule has 0 saturated carbocycles. The number of morpholine rings is 1. The number of ether oxygens (including phenoxy) is 1. The molecule has 1 aromatic carbocycles. The average Bonchev–Trinajstić information content (AvgIpc) is 2.35. The first-order valence-corrected chi connectivity index (χ1v) is 5.77. The number of nitrogens with zero attached hydrogens (tertiary/aromatic N) is 1. The van der Waals surface area contributed by atoms with Crippen LogP contribution in [-0.2, 0) is 4.74 Å². The van der Waals surface area contributed by atoms with E-state index in [4.69, 9.17) is 10.5 Å². The fourth-order valence-corrected chi connectivity index (χ4v) is 1.84. The summed E-state index contributed by atoms with van der Waals surface area (Å²) in [5, 5.41) is 1.71. The van der Waals surface area contributed by atoms with Gasteiger partial charge in [-0.05, 0) is 24.6 Å². The summed E-state index contributed by atoms with van der Waals surface area (Å²) in [6.45, 7) is 3.87. The maximum absolute atomic E-state index is 13.8. The molecule has 1 heterocycles. The number of nitrogens with two attached hydrogens (primary N) is 1. The number of nitrogen functional groups attached to an aromatic ring is 1. The number of carbonyl (C=O) groups excluding carboxylic acids is 1. The first-order chi connectivity index (χ1) is 8.58.